The van der Waals surface area contributed by atoms with Crippen LogP contribution >= 0.6 is 11.6 Å². The van der Waals surface area contributed by atoms with Crippen molar-refractivity contribution in [2.24, 2.45) is 0 Å². The fraction of sp³-hybridized carbons (Fsp3) is 0.158. The van der Waals surface area contributed by atoms with Crippen LogP contribution in [0.1, 0.15) is 34.6 Å². The monoisotopic (exact) mass is 340 g/mol. The van der Waals surface area contributed by atoms with Crippen LogP contribution in [0.3, 0.4) is 0 Å². The van der Waals surface area contributed by atoms with Gasteiger partial charge in [-0.3, -0.25) is 4.79 Å². The van der Waals surface area contributed by atoms with Crippen LogP contribution in [-0.2, 0) is 0 Å². The van der Waals surface area contributed by atoms with Crippen LogP contribution in [0, 0.1) is 6.92 Å². The van der Waals surface area contributed by atoms with Gasteiger partial charge in [0.15, 0.2) is 0 Å². The van der Waals surface area contributed by atoms with Crippen LogP contribution < -0.4 is 5.32 Å². The smallest absolute Gasteiger partial charge is 0.257 e. The van der Waals surface area contributed by atoms with Gasteiger partial charge in [-0.25, -0.2) is 0 Å². The summed E-state index contributed by atoms with van der Waals surface area (Å²) in [5.41, 5.74) is 2.69. The van der Waals surface area contributed by atoms with Crippen molar-refractivity contribution in [3.63, 3.8) is 0 Å². The minimum Gasteiger partial charge on any atom is -0.360 e. The Kier molecular flexibility index (Phi) is 4.67. The molecule has 1 aromatic heterocycles. The Labute approximate surface area is 145 Å². The van der Waals surface area contributed by atoms with E-state index in [0.29, 0.717) is 22.0 Å². The molecule has 0 saturated heterocycles. The van der Waals surface area contributed by atoms with Crippen LogP contribution in [0.4, 0.5) is 0 Å². The normalized spacial score (nSPS) is 12.0. The van der Waals surface area contributed by atoms with Crippen molar-refractivity contribution in [3.05, 3.63) is 76.5 Å². The van der Waals surface area contributed by atoms with E-state index in [2.05, 4.69) is 10.5 Å². The van der Waals surface area contributed by atoms with Crippen molar-refractivity contribution in [3.8, 4) is 11.3 Å². The summed E-state index contributed by atoms with van der Waals surface area (Å²) in [5, 5.41) is 7.63. The molecule has 5 heteroatoms. The van der Waals surface area contributed by atoms with Gasteiger partial charge in [0.1, 0.15) is 17.0 Å². The van der Waals surface area contributed by atoms with E-state index < -0.39 is 0 Å². The van der Waals surface area contributed by atoms with Crippen molar-refractivity contribution < 1.29 is 9.32 Å². The highest BCUT2D eigenvalue weighted by molar-refractivity contribution is 6.31. The lowest BCUT2D eigenvalue weighted by Gasteiger charge is -2.15. The second kappa shape index (κ2) is 6.89. The largest absolute Gasteiger partial charge is 0.360 e. The molecule has 0 fully saturated rings. The standard InChI is InChI=1S/C19H17ClN2O2/c1-12(15-10-6-7-11-16(15)20)21-19(23)17-13(2)24-22-18(17)14-8-4-3-5-9-14/h3-12H,1-2H3,(H,21,23). The predicted octanol–water partition coefficient (Wildman–Crippen LogP) is 4.79. The molecule has 1 amide bonds. The molecule has 0 spiro atoms. The maximum Gasteiger partial charge on any atom is 0.257 e. The lowest BCUT2D eigenvalue weighted by atomic mass is 10.0. The van der Waals surface area contributed by atoms with E-state index in [9.17, 15) is 4.79 Å². The van der Waals surface area contributed by atoms with Gasteiger partial charge in [-0.1, -0.05) is 65.3 Å². The van der Waals surface area contributed by atoms with E-state index in [0.717, 1.165) is 11.1 Å². The summed E-state index contributed by atoms with van der Waals surface area (Å²) in [6.07, 6.45) is 0. The summed E-state index contributed by atoms with van der Waals surface area (Å²) in [5.74, 6) is 0.248. The Morgan fingerprint density at radius 1 is 1.12 bits per heavy atom. The lowest BCUT2D eigenvalue weighted by Crippen LogP contribution is -2.27. The van der Waals surface area contributed by atoms with E-state index in [1.54, 1.807) is 13.0 Å². The molecule has 0 aliphatic heterocycles. The third-order valence-electron chi connectivity index (χ3n) is 3.86. The second-order valence-electron chi connectivity index (χ2n) is 5.55. The van der Waals surface area contributed by atoms with Gasteiger partial charge in [0.2, 0.25) is 0 Å². The zero-order chi connectivity index (χ0) is 17.1. The van der Waals surface area contributed by atoms with Crippen molar-refractivity contribution >= 4 is 17.5 Å². The average molecular weight is 341 g/mol. The highest BCUT2D eigenvalue weighted by atomic mass is 35.5. The van der Waals surface area contributed by atoms with Crippen LogP contribution in [0.15, 0.2) is 59.1 Å². The Hall–Kier alpha value is -2.59. The number of hydrogen-bond donors (Lipinski definition) is 1. The maximum absolute atomic E-state index is 12.8. The van der Waals surface area contributed by atoms with Crippen LogP contribution in [0.2, 0.25) is 5.02 Å². The molecule has 24 heavy (non-hydrogen) atoms. The molecular weight excluding hydrogens is 324 g/mol. The molecule has 4 nitrogen and oxygen atoms in total. The number of hydrogen-bond acceptors (Lipinski definition) is 3. The topological polar surface area (TPSA) is 55.1 Å². The molecule has 0 bridgehead atoms. The molecule has 122 valence electrons. The molecule has 0 radical (unpaired) electrons. The lowest BCUT2D eigenvalue weighted by molar-refractivity contribution is 0.0939. The fourth-order valence-corrected chi connectivity index (χ4v) is 2.90. The number of aromatic nitrogens is 1. The number of benzene rings is 2. The number of carbonyl (C=O) groups excluding carboxylic acids is 1. The van der Waals surface area contributed by atoms with Gasteiger partial charge >= 0.3 is 0 Å². The molecule has 1 unspecified atom stereocenters. The molecule has 1 heterocycles. The van der Waals surface area contributed by atoms with Crippen molar-refractivity contribution in [2.75, 3.05) is 0 Å². The summed E-state index contributed by atoms with van der Waals surface area (Å²) in [7, 11) is 0. The Morgan fingerprint density at radius 2 is 1.79 bits per heavy atom. The van der Waals surface area contributed by atoms with Crippen molar-refractivity contribution in [1.82, 2.24) is 10.5 Å². The first-order valence-corrected chi connectivity index (χ1v) is 8.02. The number of rotatable bonds is 4. The quantitative estimate of drug-likeness (QED) is 0.742. The van der Waals surface area contributed by atoms with Crippen LogP contribution in [0.25, 0.3) is 11.3 Å². The summed E-state index contributed by atoms with van der Waals surface area (Å²) >= 11 is 6.20. The predicted molar refractivity (Wildman–Crippen MR) is 94.0 cm³/mol. The van der Waals surface area contributed by atoms with Gasteiger partial charge in [-0.2, -0.15) is 0 Å². The molecule has 1 atom stereocenters. The number of nitrogens with one attached hydrogen (secondary N) is 1. The van der Waals surface area contributed by atoms with Gasteiger partial charge < -0.3 is 9.84 Å². The highest BCUT2D eigenvalue weighted by Gasteiger charge is 2.23. The van der Waals surface area contributed by atoms with Crippen molar-refractivity contribution in [1.29, 1.82) is 0 Å². The summed E-state index contributed by atoms with van der Waals surface area (Å²) < 4.78 is 5.25. The molecule has 3 rings (SSSR count). The molecule has 3 aromatic rings. The minimum absolute atomic E-state index is 0.232. The first-order valence-electron chi connectivity index (χ1n) is 7.65. The van der Waals surface area contributed by atoms with E-state index in [-0.39, 0.29) is 11.9 Å². The fourth-order valence-electron chi connectivity index (χ4n) is 2.61. The minimum atomic E-state index is -0.236. The van der Waals surface area contributed by atoms with E-state index in [4.69, 9.17) is 16.1 Å². The third-order valence-corrected chi connectivity index (χ3v) is 4.20. The van der Waals surface area contributed by atoms with Crippen LogP contribution in [0.5, 0.6) is 0 Å². The molecule has 0 aliphatic carbocycles. The Balaban J connectivity index is 1.89. The first-order chi connectivity index (χ1) is 11.6. The van der Waals surface area contributed by atoms with Crippen molar-refractivity contribution in [2.45, 2.75) is 19.9 Å². The van der Waals surface area contributed by atoms with Crippen LogP contribution in [-0.4, -0.2) is 11.1 Å². The van der Waals surface area contributed by atoms with Gasteiger partial charge in [-0.05, 0) is 25.5 Å². The second-order valence-corrected chi connectivity index (χ2v) is 5.95. The molecule has 2 aromatic carbocycles. The van der Waals surface area contributed by atoms with E-state index in [1.165, 1.54) is 0 Å². The molecule has 0 saturated carbocycles. The molecule has 0 aliphatic rings. The molecular formula is C19H17ClN2O2. The zero-order valence-electron chi connectivity index (χ0n) is 13.4. The Bertz CT molecular complexity index is 859. The first kappa shape index (κ1) is 16.3. The maximum atomic E-state index is 12.8. The number of nitrogens with zero attached hydrogens (tertiary/aromatic N) is 1. The van der Waals surface area contributed by atoms with E-state index >= 15 is 0 Å². The summed E-state index contributed by atoms with van der Waals surface area (Å²) in [6, 6.07) is 16.7. The number of amides is 1. The van der Waals surface area contributed by atoms with Gasteiger partial charge in [-0.15, -0.1) is 0 Å². The van der Waals surface area contributed by atoms with Gasteiger partial charge in [0, 0.05) is 10.6 Å². The number of aryl methyl sites for hydroxylation is 1. The third kappa shape index (κ3) is 3.19. The average Bonchev–Trinajstić information content (AvgIpc) is 2.97. The SMILES string of the molecule is Cc1onc(-c2ccccc2)c1C(=O)NC(C)c1ccccc1Cl. The number of carbonyl (C=O) groups is 1. The van der Waals surface area contributed by atoms with E-state index in [1.807, 2.05) is 55.5 Å². The zero-order valence-corrected chi connectivity index (χ0v) is 14.2. The summed E-state index contributed by atoms with van der Waals surface area (Å²) in [6.45, 7) is 3.62. The molecule has 1 N–H and O–H groups in total. The number of halogens is 1. The van der Waals surface area contributed by atoms with Gasteiger partial charge in [0.25, 0.3) is 5.91 Å². The Morgan fingerprint density at radius 3 is 2.50 bits per heavy atom. The van der Waals surface area contributed by atoms with Gasteiger partial charge in [0.05, 0.1) is 6.04 Å². The highest BCUT2D eigenvalue weighted by Crippen LogP contribution is 2.27. The summed E-state index contributed by atoms with van der Waals surface area (Å²) in [4.78, 5) is 12.8.